The summed E-state index contributed by atoms with van der Waals surface area (Å²) >= 11 is 1.89. The second-order valence-electron chi connectivity index (χ2n) is 13.1. The van der Waals surface area contributed by atoms with E-state index in [1.165, 1.54) is 23.9 Å². The lowest BCUT2D eigenvalue weighted by Crippen LogP contribution is -2.63. The fourth-order valence-electron chi connectivity index (χ4n) is 9.20. The Morgan fingerprint density at radius 2 is 1.89 bits per heavy atom. The lowest BCUT2D eigenvalue weighted by atomic mass is 9.45. The summed E-state index contributed by atoms with van der Waals surface area (Å²) in [7, 11) is 0. The van der Waals surface area contributed by atoms with Crippen LogP contribution in [0.5, 0.6) is 0 Å². The molecule has 244 valence electrons. The first-order valence-corrected chi connectivity index (χ1v) is 17.3. The largest absolute Gasteiger partial charge is 0.490 e. The summed E-state index contributed by atoms with van der Waals surface area (Å²) in [5, 5.41) is 4.09. The minimum atomic E-state index is -5.19. The molecule has 13 heteroatoms. The van der Waals surface area contributed by atoms with Crippen LogP contribution in [0.15, 0.2) is 36.0 Å². The molecule has 45 heavy (non-hydrogen) atoms. The zero-order chi connectivity index (χ0) is 32.4. The van der Waals surface area contributed by atoms with Gasteiger partial charge >= 0.3 is 12.1 Å². The molecule has 6 rings (SSSR count). The van der Waals surface area contributed by atoms with Crippen molar-refractivity contribution in [3.63, 3.8) is 0 Å². The number of fused-ring (bicyclic) bond motifs is 6. The van der Waals surface area contributed by atoms with Crippen molar-refractivity contribution >= 4 is 40.7 Å². The number of ether oxygens (including phenoxy) is 2. The quantitative estimate of drug-likeness (QED) is 0.171. The Kier molecular flexibility index (Phi) is 8.46. The molecule has 1 aromatic carbocycles. The number of benzene rings is 1. The SMILES string of the molecule is CSCO[C@]1(C(=O)SCF)CC[C@H]2[C@@H]3CCC4=Cc5c(cnn5-c5ccc(F)cc5)C[C@]4(C)[C@H]3[C@@H](OC(=O)C(F)(F)F)C[C@@]21C. The second kappa shape index (κ2) is 11.7. The molecule has 0 unspecified atom stereocenters. The Bertz CT molecular complexity index is 1510. The first-order chi connectivity index (χ1) is 21.3. The van der Waals surface area contributed by atoms with E-state index in [0.717, 1.165) is 16.8 Å². The minimum absolute atomic E-state index is 0.0157. The maximum atomic E-state index is 13.7. The van der Waals surface area contributed by atoms with E-state index >= 15 is 0 Å². The number of alkyl halides is 4. The first-order valence-electron chi connectivity index (χ1n) is 15.0. The van der Waals surface area contributed by atoms with Crippen molar-refractivity contribution in [2.75, 3.05) is 18.2 Å². The third kappa shape index (κ3) is 5.15. The van der Waals surface area contributed by atoms with Crippen LogP contribution in [0.25, 0.3) is 11.8 Å². The maximum absolute atomic E-state index is 13.7. The molecule has 7 atom stereocenters. The molecule has 0 amide bonds. The molecule has 2 aromatic rings. The number of allylic oxidation sites excluding steroid dienone is 1. The van der Waals surface area contributed by atoms with Crippen LogP contribution in [-0.4, -0.2) is 56.9 Å². The zero-order valence-corrected chi connectivity index (χ0v) is 26.8. The molecule has 0 spiro atoms. The number of carbonyl (C=O) groups is 2. The number of hydrogen-bond donors (Lipinski definition) is 0. The Morgan fingerprint density at radius 1 is 1.16 bits per heavy atom. The fourth-order valence-corrected chi connectivity index (χ4v) is 10.2. The molecule has 1 aromatic heterocycles. The lowest BCUT2D eigenvalue weighted by molar-refractivity contribution is -0.227. The highest BCUT2D eigenvalue weighted by Gasteiger charge is 2.70. The number of esters is 1. The summed E-state index contributed by atoms with van der Waals surface area (Å²) in [6.45, 7) is 3.88. The van der Waals surface area contributed by atoms with Gasteiger partial charge in [-0.2, -0.15) is 18.3 Å². The zero-order valence-electron chi connectivity index (χ0n) is 25.2. The second-order valence-corrected chi connectivity index (χ2v) is 14.8. The highest BCUT2D eigenvalue weighted by Crippen LogP contribution is 2.69. The van der Waals surface area contributed by atoms with Crippen molar-refractivity contribution in [3.8, 4) is 5.69 Å². The molecule has 0 radical (unpaired) electrons. The first kappa shape index (κ1) is 32.6. The Balaban J connectivity index is 1.43. The van der Waals surface area contributed by atoms with Crippen molar-refractivity contribution in [2.24, 2.45) is 28.6 Å². The number of halogens is 5. The predicted octanol–water partition coefficient (Wildman–Crippen LogP) is 7.54. The van der Waals surface area contributed by atoms with Crippen LogP contribution in [0.3, 0.4) is 0 Å². The molecule has 0 saturated heterocycles. The van der Waals surface area contributed by atoms with E-state index in [2.05, 4.69) is 5.10 Å². The standard InChI is InChI=1S/C32H35F5N2O4S2/c1-29-13-18-15-38-39(21-7-5-20(34)6-8-21)24(18)12-19(29)4-9-22-23-10-11-31(42-17-44-3,28(41)45-16-33)30(23,2)14-25(26(22)29)43-27(40)32(35,36)37/h5-8,12,15,22-23,25-26H,4,9-11,13-14,16-17H2,1-3H3/t22-,23-,25-,26+,29-,30-,31-/m0/s1. The maximum Gasteiger partial charge on any atom is 0.490 e. The van der Waals surface area contributed by atoms with Crippen LogP contribution in [0.1, 0.15) is 57.2 Å². The van der Waals surface area contributed by atoms with Gasteiger partial charge in [-0.3, -0.25) is 4.79 Å². The van der Waals surface area contributed by atoms with Gasteiger partial charge in [-0.1, -0.05) is 31.2 Å². The summed E-state index contributed by atoms with van der Waals surface area (Å²) < 4.78 is 81.7. The molecule has 4 aliphatic carbocycles. The normalized spacial score (nSPS) is 33.8. The van der Waals surface area contributed by atoms with Gasteiger partial charge in [-0.05, 0) is 97.9 Å². The van der Waals surface area contributed by atoms with Gasteiger partial charge in [0.1, 0.15) is 23.5 Å². The van der Waals surface area contributed by atoms with Gasteiger partial charge in [0.15, 0.2) is 0 Å². The summed E-state index contributed by atoms with van der Waals surface area (Å²) in [5.41, 5.74) is 0.371. The van der Waals surface area contributed by atoms with Crippen LogP contribution in [0.4, 0.5) is 22.0 Å². The van der Waals surface area contributed by atoms with E-state index in [0.29, 0.717) is 49.6 Å². The topological polar surface area (TPSA) is 70.4 Å². The summed E-state index contributed by atoms with van der Waals surface area (Å²) in [4.78, 5) is 26.1. The van der Waals surface area contributed by atoms with E-state index in [1.54, 1.807) is 23.0 Å². The lowest BCUT2D eigenvalue weighted by Gasteiger charge is -2.61. The molecule has 0 bridgehead atoms. The van der Waals surface area contributed by atoms with E-state index in [4.69, 9.17) is 9.47 Å². The molecule has 0 aliphatic heterocycles. The van der Waals surface area contributed by atoms with E-state index in [9.17, 15) is 31.5 Å². The van der Waals surface area contributed by atoms with Gasteiger partial charge in [0, 0.05) is 11.3 Å². The van der Waals surface area contributed by atoms with Crippen LogP contribution in [0.2, 0.25) is 0 Å². The molecule has 3 fully saturated rings. The average molecular weight is 671 g/mol. The van der Waals surface area contributed by atoms with E-state index in [1.807, 2.05) is 26.2 Å². The fraction of sp³-hybridized carbons (Fsp3) is 0.594. The third-order valence-corrected chi connectivity index (χ3v) is 12.1. The number of carbonyl (C=O) groups excluding carboxylic acids is 2. The molecule has 4 aliphatic rings. The summed E-state index contributed by atoms with van der Waals surface area (Å²) in [6.07, 6.45) is 1.85. The highest BCUT2D eigenvalue weighted by atomic mass is 32.2. The van der Waals surface area contributed by atoms with Crippen molar-refractivity contribution < 1.29 is 41.0 Å². The van der Waals surface area contributed by atoms with Crippen molar-refractivity contribution in [1.82, 2.24) is 9.78 Å². The van der Waals surface area contributed by atoms with Crippen LogP contribution < -0.4 is 0 Å². The van der Waals surface area contributed by atoms with Crippen molar-refractivity contribution in [3.05, 3.63) is 53.1 Å². The van der Waals surface area contributed by atoms with Gasteiger partial charge in [-0.15, -0.1) is 11.8 Å². The molecule has 6 nitrogen and oxygen atoms in total. The minimum Gasteiger partial charge on any atom is -0.455 e. The molecule has 1 heterocycles. The predicted molar refractivity (Wildman–Crippen MR) is 162 cm³/mol. The number of rotatable bonds is 7. The third-order valence-electron chi connectivity index (χ3n) is 11.0. The number of aromatic nitrogens is 2. The Hall–Kier alpha value is -2.38. The number of hydrogen-bond acceptors (Lipinski definition) is 7. The smallest absolute Gasteiger partial charge is 0.455 e. The van der Waals surface area contributed by atoms with Crippen LogP contribution in [0, 0.1) is 34.4 Å². The molecule has 3 saturated carbocycles. The Labute approximate surface area is 266 Å². The summed E-state index contributed by atoms with van der Waals surface area (Å²) in [5.74, 6) is -3.22. The number of nitrogens with zero attached hydrogens (tertiary/aromatic N) is 2. The average Bonchev–Trinajstić information content (AvgIpc) is 3.52. The van der Waals surface area contributed by atoms with Gasteiger partial charge in [0.25, 0.3) is 0 Å². The van der Waals surface area contributed by atoms with E-state index in [-0.39, 0.29) is 30.0 Å². The van der Waals surface area contributed by atoms with Crippen LogP contribution in [-0.2, 0) is 25.5 Å². The monoisotopic (exact) mass is 670 g/mol. The van der Waals surface area contributed by atoms with Gasteiger partial charge in [-0.25, -0.2) is 18.3 Å². The van der Waals surface area contributed by atoms with Crippen molar-refractivity contribution in [1.29, 1.82) is 0 Å². The summed E-state index contributed by atoms with van der Waals surface area (Å²) in [6, 6.07) is 5.04. The number of thioether (sulfide) groups is 2. The Morgan fingerprint density at radius 3 is 2.56 bits per heavy atom. The van der Waals surface area contributed by atoms with Crippen LogP contribution >= 0.6 is 23.5 Å². The van der Waals surface area contributed by atoms with Gasteiger partial charge in [0.05, 0.1) is 23.5 Å². The molecular weight excluding hydrogens is 635 g/mol. The molecule has 0 N–H and O–H groups in total. The van der Waals surface area contributed by atoms with E-state index < -0.39 is 51.7 Å². The molecular formula is C32H35F5N2O4S2. The van der Waals surface area contributed by atoms with Crippen molar-refractivity contribution in [2.45, 2.75) is 70.3 Å². The van der Waals surface area contributed by atoms with Gasteiger partial charge in [0.2, 0.25) is 5.12 Å². The highest BCUT2D eigenvalue weighted by molar-refractivity contribution is 8.13. The van der Waals surface area contributed by atoms with Gasteiger partial charge < -0.3 is 9.47 Å².